The number of amides is 1. The monoisotopic (exact) mass is 382 g/mol. The van der Waals surface area contributed by atoms with Crippen LogP contribution in [0.5, 0.6) is 0 Å². The summed E-state index contributed by atoms with van der Waals surface area (Å²) in [6.45, 7) is 3.40. The van der Waals surface area contributed by atoms with Crippen LogP contribution < -0.4 is 4.72 Å². The molecule has 3 heterocycles. The second-order valence-corrected chi connectivity index (χ2v) is 7.82. The van der Waals surface area contributed by atoms with E-state index in [2.05, 4.69) is 14.9 Å². The Hall–Kier alpha value is -2.17. The van der Waals surface area contributed by atoms with Crippen LogP contribution in [0.15, 0.2) is 21.6 Å². The number of H-pyrrole nitrogens is 1. The Kier molecular flexibility index (Phi) is 5.44. The van der Waals surface area contributed by atoms with Crippen LogP contribution in [0, 0.1) is 6.92 Å². The van der Waals surface area contributed by atoms with Gasteiger partial charge in [-0.25, -0.2) is 13.1 Å². The van der Waals surface area contributed by atoms with Gasteiger partial charge in [-0.1, -0.05) is 0 Å². The lowest BCUT2D eigenvalue weighted by Crippen LogP contribution is -2.27. The van der Waals surface area contributed by atoms with Crippen molar-refractivity contribution < 1.29 is 22.4 Å². The summed E-state index contributed by atoms with van der Waals surface area (Å²) in [7, 11) is -2.24. The number of furan rings is 1. The first-order chi connectivity index (χ1) is 12.4. The van der Waals surface area contributed by atoms with Gasteiger partial charge in [-0.15, -0.1) is 0 Å². The van der Waals surface area contributed by atoms with Gasteiger partial charge < -0.3 is 14.1 Å². The highest BCUT2D eigenvalue weighted by Crippen LogP contribution is 2.30. The minimum absolute atomic E-state index is 0.0257. The van der Waals surface area contributed by atoms with E-state index >= 15 is 0 Å². The number of aromatic amines is 1. The van der Waals surface area contributed by atoms with Crippen molar-refractivity contribution in [2.24, 2.45) is 0 Å². The Bertz CT molecular complexity index is 880. The minimum Gasteiger partial charge on any atom is -0.458 e. The molecule has 0 radical (unpaired) electrons. The van der Waals surface area contributed by atoms with Crippen molar-refractivity contribution >= 4 is 15.9 Å². The summed E-state index contributed by atoms with van der Waals surface area (Å²) < 4.78 is 37.7. The molecular weight excluding hydrogens is 360 g/mol. The van der Waals surface area contributed by atoms with E-state index in [1.165, 1.54) is 19.4 Å². The van der Waals surface area contributed by atoms with Gasteiger partial charge in [-0.05, 0) is 19.8 Å². The van der Waals surface area contributed by atoms with Gasteiger partial charge in [0.15, 0.2) is 5.76 Å². The maximum Gasteiger partial charge on any atom is 0.257 e. The predicted molar refractivity (Wildman–Crippen MR) is 93.2 cm³/mol. The van der Waals surface area contributed by atoms with E-state index in [0.717, 1.165) is 12.8 Å². The molecule has 142 valence electrons. The predicted octanol–water partition coefficient (Wildman–Crippen LogP) is 1.14. The molecule has 0 atom stereocenters. The van der Waals surface area contributed by atoms with E-state index in [0.29, 0.717) is 24.3 Å². The number of ether oxygens (including phenoxy) is 1. The summed E-state index contributed by atoms with van der Waals surface area (Å²) in [6.07, 6.45) is 3.40. The molecule has 26 heavy (non-hydrogen) atoms. The number of aryl methyl sites for hydroxylation is 1. The molecule has 1 amide bonds. The number of methoxy groups -OCH3 is 1. The molecule has 0 aliphatic carbocycles. The van der Waals surface area contributed by atoms with E-state index in [4.69, 9.17) is 9.15 Å². The molecule has 0 aromatic carbocycles. The number of carbonyl (C=O) groups is 1. The minimum atomic E-state index is -3.74. The van der Waals surface area contributed by atoms with Crippen LogP contribution in [0.1, 0.15) is 29.0 Å². The van der Waals surface area contributed by atoms with Gasteiger partial charge in [-0.3, -0.25) is 9.89 Å². The maximum atomic E-state index is 12.6. The molecule has 3 rings (SSSR count). The number of likely N-dealkylation sites (tertiary alicyclic amines) is 1. The molecule has 1 aliphatic rings. The van der Waals surface area contributed by atoms with E-state index in [1.807, 2.05) is 0 Å². The van der Waals surface area contributed by atoms with Crippen LogP contribution in [0.4, 0.5) is 0 Å². The fourth-order valence-corrected chi connectivity index (χ4v) is 4.13. The average Bonchev–Trinajstić information content (AvgIpc) is 3.34. The molecule has 1 saturated heterocycles. The van der Waals surface area contributed by atoms with E-state index in [-0.39, 0.29) is 35.5 Å². The molecule has 1 aliphatic heterocycles. The quantitative estimate of drug-likeness (QED) is 0.694. The standard InChI is InChI=1S/C16H22N4O5S/c1-11-14(26(22,23)18-5-8-24-2)9-13(25-11)15-12(10-17-19-15)16(21)20-6-3-4-7-20/h9-10,18H,3-8H2,1-2H3,(H,17,19). The average molecular weight is 382 g/mol. The number of nitrogens with zero attached hydrogens (tertiary/aromatic N) is 2. The molecule has 9 nitrogen and oxygen atoms in total. The SMILES string of the molecule is COCCNS(=O)(=O)c1cc(-c2[nH]ncc2C(=O)N2CCCC2)oc1C. The largest absolute Gasteiger partial charge is 0.458 e. The van der Waals surface area contributed by atoms with Crippen molar-refractivity contribution in [2.45, 2.75) is 24.7 Å². The number of sulfonamides is 1. The van der Waals surface area contributed by atoms with E-state index in [1.54, 1.807) is 11.8 Å². The number of carbonyl (C=O) groups excluding carboxylic acids is 1. The molecular formula is C16H22N4O5S. The number of rotatable bonds is 7. The Morgan fingerprint density at radius 3 is 2.85 bits per heavy atom. The van der Waals surface area contributed by atoms with Gasteiger partial charge in [-0.2, -0.15) is 5.10 Å². The lowest BCUT2D eigenvalue weighted by Gasteiger charge is -2.14. The molecule has 2 N–H and O–H groups in total. The molecule has 2 aromatic heterocycles. The first kappa shape index (κ1) is 18.6. The van der Waals surface area contributed by atoms with Gasteiger partial charge >= 0.3 is 0 Å². The number of hydrogen-bond donors (Lipinski definition) is 2. The zero-order valence-electron chi connectivity index (χ0n) is 14.7. The zero-order valence-corrected chi connectivity index (χ0v) is 15.6. The Morgan fingerprint density at radius 2 is 2.15 bits per heavy atom. The summed E-state index contributed by atoms with van der Waals surface area (Å²) in [5.41, 5.74) is 0.750. The third-order valence-corrected chi connectivity index (χ3v) is 5.84. The second-order valence-electron chi connectivity index (χ2n) is 6.08. The van der Waals surface area contributed by atoms with E-state index in [9.17, 15) is 13.2 Å². The van der Waals surface area contributed by atoms with Crippen molar-refractivity contribution in [3.8, 4) is 11.5 Å². The van der Waals surface area contributed by atoms with Crippen LogP contribution in [0.2, 0.25) is 0 Å². The fourth-order valence-electron chi connectivity index (χ4n) is 2.94. The highest BCUT2D eigenvalue weighted by atomic mass is 32.2. The summed E-state index contributed by atoms with van der Waals surface area (Å²) in [5.74, 6) is 0.358. The third-order valence-electron chi connectivity index (χ3n) is 4.27. The van der Waals surface area contributed by atoms with Crippen LogP contribution in [0.25, 0.3) is 11.5 Å². The van der Waals surface area contributed by atoms with Crippen molar-refractivity contribution in [1.82, 2.24) is 19.8 Å². The Morgan fingerprint density at radius 1 is 1.42 bits per heavy atom. The summed E-state index contributed by atoms with van der Waals surface area (Å²) >= 11 is 0. The first-order valence-corrected chi connectivity index (χ1v) is 9.84. The van der Waals surface area contributed by atoms with Crippen molar-refractivity contribution in [2.75, 3.05) is 33.4 Å². The van der Waals surface area contributed by atoms with Gasteiger partial charge in [0.25, 0.3) is 5.91 Å². The van der Waals surface area contributed by atoms with Crippen LogP contribution in [0.3, 0.4) is 0 Å². The van der Waals surface area contributed by atoms with Crippen LogP contribution >= 0.6 is 0 Å². The van der Waals surface area contributed by atoms with Gasteiger partial charge in [0.1, 0.15) is 16.3 Å². The molecule has 0 spiro atoms. The molecule has 1 fully saturated rings. The zero-order chi connectivity index (χ0) is 18.7. The lowest BCUT2D eigenvalue weighted by atomic mass is 10.2. The van der Waals surface area contributed by atoms with Gasteiger partial charge in [0.05, 0.1) is 18.4 Å². The van der Waals surface area contributed by atoms with E-state index < -0.39 is 10.0 Å². The summed E-state index contributed by atoms with van der Waals surface area (Å²) in [4.78, 5) is 14.4. The number of nitrogens with one attached hydrogen (secondary N) is 2. The molecule has 2 aromatic rings. The Balaban J connectivity index is 1.88. The van der Waals surface area contributed by atoms with Crippen molar-refractivity contribution in [3.63, 3.8) is 0 Å². The Labute approximate surface area is 151 Å². The normalized spacial score (nSPS) is 14.9. The topological polar surface area (TPSA) is 118 Å². The third kappa shape index (κ3) is 3.67. The summed E-state index contributed by atoms with van der Waals surface area (Å²) in [6, 6.07) is 1.40. The van der Waals surface area contributed by atoms with Crippen molar-refractivity contribution in [1.29, 1.82) is 0 Å². The highest BCUT2D eigenvalue weighted by molar-refractivity contribution is 7.89. The molecule has 10 heteroatoms. The highest BCUT2D eigenvalue weighted by Gasteiger charge is 2.27. The molecule has 0 saturated carbocycles. The number of aromatic nitrogens is 2. The smallest absolute Gasteiger partial charge is 0.257 e. The fraction of sp³-hybridized carbons (Fsp3) is 0.500. The van der Waals surface area contributed by atoms with Crippen LogP contribution in [-0.4, -0.2) is 62.8 Å². The molecule has 0 unspecified atom stereocenters. The van der Waals surface area contributed by atoms with Gasteiger partial charge in [0.2, 0.25) is 10.0 Å². The first-order valence-electron chi connectivity index (χ1n) is 8.36. The summed E-state index contributed by atoms with van der Waals surface area (Å²) in [5, 5.41) is 6.68. The lowest BCUT2D eigenvalue weighted by molar-refractivity contribution is 0.0793. The van der Waals surface area contributed by atoms with Crippen molar-refractivity contribution in [3.05, 3.63) is 23.6 Å². The van der Waals surface area contributed by atoms with Crippen LogP contribution in [-0.2, 0) is 14.8 Å². The maximum absolute atomic E-state index is 12.6. The number of hydrogen-bond acceptors (Lipinski definition) is 6. The second kappa shape index (κ2) is 7.60. The van der Waals surface area contributed by atoms with Gasteiger partial charge in [0, 0.05) is 32.8 Å². The molecule has 0 bridgehead atoms.